The average Bonchev–Trinajstić information content (AvgIpc) is 2.57. The van der Waals surface area contributed by atoms with Crippen molar-refractivity contribution in [2.24, 2.45) is 0 Å². The fourth-order valence-corrected chi connectivity index (χ4v) is 1.64. The lowest BCUT2D eigenvalue weighted by Gasteiger charge is -2.18. The van der Waals surface area contributed by atoms with Crippen LogP contribution in [0.1, 0.15) is 0 Å². The zero-order chi connectivity index (χ0) is 8.39. The first-order chi connectivity index (χ1) is 5.88. The normalized spacial score (nSPS) is 15.6. The summed E-state index contributed by atoms with van der Waals surface area (Å²) in [6.07, 6.45) is 4.31. The van der Waals surface area contributed by atoms with Crippen LogP contribution < -0.4 is 4.90 Å². The number of rotatable bonds is 1. The molecule has 12 heavy (non-hydrogen) atoms. The molecule has 0 aliphatic carbocycles. The SMILES string of the molecule is Clc1ccccc1N1CC=CC1. The molecule has 1 aromatic rings. The van der Waals surface area contributed by atoms with Crippen molar-refractivity contribution in [1.82, 2.24) is 0 Å². The van der Waals surface area contributed by atoms with Crippen molar-refractivity contribution in [3.05, 3.63) is 41.4 Å². The third-order valence-corrected chi connectivity index (χ3v) is 2.33. The van der Waals surface area contributed by atoms with Crippen LogP contribution in [0.2, 0.25) is 5.02 Å². The van der Waals surface area contributed by atoms with E-state index in [0.29, 0.717) is 0 Å². The largest absolute Gasteiger partial charge is 0.363 e. The Morgan fingerprint density at radius 2 is 1.75 bits per heavy atom. The summed E-state index contributed by atoms with van der Waals surface area (Å²) < 4.78 is 0. The lowest BCUT2D eigenvalue weighted by atomic mass is 10.3. The van der Waals surface area contributed by atoms with Crippen LogP contribution in [0.4, 0.5) is 5.69 Å². The monoisotopic (exact) mass is 179 g/mol. The first-order valence-corrected chi connectivity index (χ1v) is 4.40. The van der Waals surface area contributed by atoms with Gasteiger partial charge in [-0.25, -0.2) is 0 Å². The highest BCUT2D eigenvalue weighted by molar-refractivity contribution is 6.33. The molecule has 0 fully saturated rings. The summed E-state index contributed by atoms with van der Waals surface area (Å²) in [4.78, 5) is 2.24. The van der Waals surface area contributed by atoms with Crippen molar-refractivity contribution in [2.45, 2.75) is 0 Å². The molecule has 0 saturated carbocycles. The number of benzene rings is 1. The molecule has 1 aliphatic rings. The molecule has 0 N–H and O–H groups in total. The van der Waals surface area contributed by atoms with Crippen molar-refractivity contribution < 1.29 is 0 Å². The molecule has 2 rings (SSSR count). The molecule has 1 aliphatic heterocycles. The molecular weight excluding hydrogens is 170 g/mol. The van der Waals surface area contributed by atoms with Crippen LogP contribution in [0.25, 0.3) is 0 Å². The first-order valence-electron chi connectivity index (χ1n) is 4.02. The Labute approximate surface area is 77.3 Å². The molecule has 0 bridgehead atoms. The second kappa shape index (κ2) is 3.20. The molecule has 0 atom stereocenters. The van der Waals surface area contributed by atoms with Gasteiger partial charge in [0.15, 0.2) is 0 Å². The summed E-state index contributed by atoms with van der Waals surface area (Å²) in [5.41, 5.74) is 1.13. The van der Waals surface area contributed by atoms with Crippen LogP contribution in [0.3, 0.4) is 0 Å². The molecule has 0 aromatic heterocycles. The van der Waals surface area contributed by atoms with Gasteiger partial charge in [-0.3, -0.25) is 0 Å². The molecular formula is C10H10ClN. The van der Waals surface area contributed by atoms with Crippen molar-refractivity contribution in [3.8, 4) is 0 Å². The molecule has 1 heterocycles. The Hall–Kier alpha value is -0.950. The van der Waals surface area contributed by atoms with Crippen LogP contribution in [0.5, 0.6) is 0 Å². The van der Waals surface area contributed by atoms with Crippen molar-refractivity contribution in [3.63, 3.8) is 0 Å². The van der Waals surface area contributed by atoms with E-state index in [4.69, 9.17) is 11.6 Å². The van der Waals surface area contributed by atoms with E-state index in [-0.39, 0.29) is 0 Å². The topological polar surface area (TPSA) is 3.24 Å². The number of halogens is 1. The van der Waals surface area contributed by atoms with Gasteiger partial charge in [-0.15, -0.1) is 0 Å². The second-order valence-electron chi connectivity index (χ2n) is 2.83. The Bertz CT molecular complexity index is 298. The lowest BCUT2D eigenvalue weighted by molar-refractivity contribution is 1.01. The zero-order valence-electron chi connectivity index (χ0n) is 6.70. The Morgan fingerprint density at radius 3 is 2.42 bits per heavy atom. The highest BCUT2D eigenvalue weighted by Crippen LogP contribution is 2.26. The zero-order valence-corrected chi connectivity index (χ0v) is 7.46. The third kappa shape index (κ3) is 1.32. The van der Waals surface area contributed by atoms with Gasteiger partial charge in [0.25, 0.3) is 0 Å². The second-order valence-corrected chi connectivity index (χ2v) is 3.23. The van der Waals surface area contributed by atoms with E-state index in [1.54, 1.807) is 0 Å². The fourth-order valence-electron chi connectivity index (χ4n) is 1.38. The third-order valence-electron chi connectivity index (χ3n) is 2.01. The Kier molecular flexibility index (Phi) is 2.05. The van der Waals surface area contributed by atoms with Crippen LogP contribution in [-0.4, -0.2) is 13.1 Å². The molecule has 2 heteroatoms. The number of hydrogen-bond acceptors (Lipinski definition) is 1. The molecule has 0 saturated heterocycles. The molecule has 0 radical (unpaired) electrons. The minimum Gasteiger partial charge on any atom is -0.363 e. The maximum absolute atomic E-state index is 6.03. The summed E-state index contributed by atoms with van der Waals surface area (Å²) in [6.45, 7) is 1.95. The minimum atomic E-state index is 0.834. The molecule has 0 spiro atoms. The van der Waals surface area contributed by atoms with Crippen LogP contribution in [0.15, 0.2) is 36.4 Å². The summed E-state index contributed by atoms with van der Waals surface area (Å²) >= 11 is 6.03. The van der Waals surface area contributed by atoms with E-state index in [2.05, 4.69) is 23.1 Å². The lowest BCUT2D eigenvalue weighted by Crippen LogP contribution is -2.18. The average molecular weight is 180 g/mol. The van der Waals surface area contributed by atoms with E-state index < -0.39 is 0 Å². The summed E-state index contributed by atoms with van der Waals surface area (Å²) in [5.74, 6) is 0. The number of para-hydroxylation sites is 1. The van der Waals surface area contributed by atoms with E-state index in [0.717, 1.165) is 23.8 Å². The number of hydrogen-bond donors (Lipinski definition) is 0. The molecule has 0 amide bonds. The van der Waals surface area contributed by atoms with Gasteiger partial charge in [0.1, 0.15) is 0 Å². The van der Waals surface area contributed by atoms with E-state index >= 15 is 0 Å². The Balaban J connectivity index is 2.27. The predicted molar refractivity (Wildman–Crippen MR) is 52.8 cm³/mol. The maximum atomic E-state index is 6.03. The van der Waals surface area contributed by atoms with Gasteiger partial charge >= 0.3 is 0 Å². The highest BCUT2D eigenvalue weighted by Gasteiger charge is 2.09. The van der Waals surface area contributed by atoms with E-state index in [9.17, 15) is 0 Å². The van der Waals surface area contributed by atoms with Gasteiger partial charge in [0.2, 0.25) is 0 Å². The van der Waals surface area contributed by atoms with Crippen molar-refractivity contribution in [1.29, 1.82) is 0 Å². The van der Waals surface area contributed by atoms with Gasteiger partial charge in [-0.1, -0.05) is 35.9 Å². The van der Waals surface area contributed by atoms with E-state index in [1.165, 1.54) is 0 Å². The van der Waals surface area contributed by atoms with Gasteiger partial charge in [0.05, 0.1) is 10.7 Å². The number of anilines is 1. The first kappa shape index (κ1) is 7.69. The van der Waals surface area contributed by atoms with Gasteiger partial charge < -0.3 is 4.90 Å². The highest BCUT2D eigenvalue weighted by atomic mass is 35.5. The quantitative estimate of drug-likeness (QED) is 0.600. The van der Waals surface area contributed by atoms with Gasteiger partial charge in [-0.05, 0) is 12.1 Å². The van der Waals surface area contributed by atoms with Crippen LogP contribution in [0, 0.1) is 0 Å². The molecule has 62 valence electrons. The fraction of sp³-hybridized carbons (Fsp3) is 0.200. The Morgan fingerprint density at radius 1 is 1.08 bits per heavy atom. The molecule has 0 unspecified atom stereocenters. The van der Waals surface area contributed by atoms with Crippen LogP contribution >= 0.6 is 11.6 Å². The summed E-state index contributed by atoms with van der Waals surface area (Å²) in [5, 5.41) is 0.834. The summed E-state index contributed by atoms with van der Waals surface area (Å²) in [7, 11) is 0. The maximum Gasteiger partial charge on any atom is 0.0639 e. The van der Waals surface area contributed by atoms with Gasteiger partial charge in [-0.2, -0.15) is 0 Å². The summed E-state index contributed by atoms with van der Waals surface area (Å²) in [6, 6.07) is 7.94. The van der Waals surface area contributed by atoms with Crippen LogP contribution in [-0.2, 0) is 0 Å². The predicted octanol–water partition coefficient (Wildman–Crippen LogP) is 2.72. The smallest absolute Gasteiger partial charge is 0.0639 e. The van der Waals surface area contributed by atoms with E-state index in [1.807, 2.05) is 18.2 Å². The van der Waals surface area contributed by atoms with Gasteiger partial charge in [0, 0.05) is 13.1 Å². The van der Waals surface area contributed by atoms with Crippen molar-refractivity contribution in [2.75, 3.05) is 18.0 Å². The minimum absolute atomic E-state index is 0.834. The molecule has 1 nitrogen and oxygen atoms in total. The molecule has 1 aromatic carbocycles. The standard InChI is InChI=1S/C10H10ClN/c11-9-5-1-2-6-10(9)12-7-3-4-8-12/h1-6H,7-8H2. The van der Waals surface area contributed by atoms with Crippen molar-refractivity contribution >= 4 is 17.3 Å². The number of nitrogens with zero attached hydrogens (tertiary/aromatic N) is 1.